The van der Waals surface area contributed by atoms with E-state index in [9.17, 15) is 0 Å². The summed E-state index contributed by atoms with van der Waals surface area (Å²) in [7, 11) is 0. The first-order chi connectivity index (χ1) is 9.70. The van der Waals surface area contributed by atoms with Gasteiger partial charge >= 0.3 is 0 Å². The number of nitrogens with two attached hydrogens (primary N) is 1. The lowest BCUT2D eigenvalue weighted by Gasteiger charge is -2.02. The molecule has 1 heterocycles. The molecule has 0 amide bonds. The van der Waals surface area contributed by atoms with E-state index in [0.29, 0.717) is 6.54 Å². The van der Waals surface area contributed by atoms with Crippen molar-refractivity contribution in [2.45, 2.75) is 6.54 Å². The fraction of sp³-hybridized carbons (Fsp3) is 0.0625. The predicted molar refractivity (Wildman–Crippen MR) is 82.6 cm³/mol. The van der Waals surface area contributed by atoms with Crippen LogP contribution < -0.4 is 5.73 Å². The van der Waals surface area contributed by atoms with Gasteiger partial charge in [-0.2, -0.15) is 5.10 Å². The molecule has 0 unspecified atom stereocenters. The standard InChI is InChI=1S/C16H14ClN3/c17-15-5-1-3-12(7-15)10-20-11-14(9-19-20)13-4-2-6-16(18)8-13/h1-9,11H,10,18H2. The zero-order valence-electron chi connectivity index (χ0n) is 10.8. The van der Waals surface area contributed by atoms with Crippen molar-refractivity contribution in [1.82, 2.24) is 9.78 Å². The van der Waals surface area contributed by atoms with Crippen LogP contribution >= 0.6 is 11.6 Å². The van der Waals surface area contributed by atoms with Crippen LogP contribution in [0.15, 0.2) is 60.9 Å². The van der Waals surface area contributed by atoms with Crippen LogP contribution in [0.3, 0.4) is 0 Å². The molecule has 0 aliphatic rings. The summed E-state index contributed by atoms with van der Waals surface area (Å²) in [6.45, 7) is 0.697. The average molecular weight is 284 g/mol. The van der Waals surface area contributed by atoms with Gasteiger partial charge in [0.2, 0.25) is 0 Å². The zero-order chi connectivity index (χ0) is 13.9. The maximum absolute atomic E-state index is 5.99. The van der Waals surface area contributed by atoms with Gasteiger partial charge in [0, 0.05) is 22.5 Å². The molecule has 0 fully saturated rings. The Morgan fingerprint density at radius 2 is 1.90 bits per heavy atom. The SMILES string of the molecule is Nc1cccc(-c2cnn(Cc3cccc(Cl)c3)c2)c1. The topological polar surface area (TPSA) is 43.8 Å². The van der Waals surface area contributed by atoms with Crippen LogP contribution in [0.25, 0.3) is 11.1 Å². The second-order valence-electron chi connectivity index (χ2n) is 4.68. The van der Waals surface area contributed by atoms with E-state index in [1.54, 1.807) is 0 Å². The molecule has 4 heteroatoms. The quantitative estimate of drug-likeness (QED) is 0.742. The lowest BCUT2D eigenvalue weighted by atomic mass is 10.1. The van der Waals surface area contributed by atoms with Gasteiger partial charge in [0.1, 0.15) is 0 Å². The normalized spacial score (nSPS) is 10.7. The summed E-state index contributed by atoms with van der Waals surface area (Å²) in [6, 6.07) is 15.6. The number of benzene rings is 2. The van der Waals surface area contributed by atoms with E-state index in [4.69, 9.17) is 17.3 Å². The van der Waals surface area contributed by atoms with Crippen LogP contribution in [0.1, 0.15) is 5.56 Å². The molecule has 2 N–H and O–H groups in total. The van der Waals surface area contributed by atoms with Crippen molar-refractivity contribution in [3.8, 4) is 11.1 Å². The van der Waals surface area contributed by atoms with Crippen LogP contribution in [-0.2, 0) is 6.54 Å². The van der Waals surface area contributed by atoms with E-state index in [2.05, 4.69) is 5.10 Å². The smallest absolute Gasteiger partial charge is 0.0660 e. The Kier molecular flexibility index (Phi) is 3.44. The van der Waals surface area contributed by atoms with E-state index in [1.807, 2.05) is 65.6 Å². The molecule has 100 valence electrons. The van der Waals surface area contributed by atoms with Crippen LogP contribution in [0.4, 0.5) is 5.69 Å². The van der Waals surface area contributed by atoms with Gasteiger partial charge in [-0.1, -0.05) is 35.9 Å². The molecule has 0 aliphatic carbocycles. The van der Waals surface area contributed by atoms with Gasteiger partial charge in [-0.15, -0.1) is 0 Å². The predicted octanol–water partition coefficient (Wildman–Crippen LogP) is 3.83. The first-order valence-corrected chi connectivity index (χ1v) is 6.71. The number of hydrogen-bond acceptors (Lipinski definition) is 2. The molecule has 0 radical (unpaired) electrons. The van der Waals surface area contributed by atoms with Crippen molar-refractivity contribution >= 4 is 17.3 Å². The summed E-state index contributed by atoms with van der Waals surface area (Å²) < 4.78 is 1.89. The fourth-order valence-corrected chi connectivity index (χ4v) is 2.35. The number of rotatable bonds is 3. The Morgan fingerprint density at radius 3 is 2.70 bits per heavy atom. The van der Waals surface area contributed by atoms with Gasteiger partial charge in [-0.05, 0) is 35.4 Å². The number of nitrogen functional groups attached to an aromatic ring is 1. The van der Waals surface area contributed by atoms with E-state index >= 15 is 0 Å². The van der Waals surface area contributed by atoms with E-state index < -0.39 is 0 Å². The van der Waals surface area contributed by atoms with Gasteiger partial charge in [0.05, 0.1) is 12.7 Å². The monoisotopic (exact) mass is 283 g/mol. The Balaban J connectivity index is 1.84. The Bertz CT molecular complexity index is 734. The minimum Gasteiger partial charge on any atom is -0.399 e. The van der Waals surface area contributed by atoms with Gasteiger partial charge in [-0.25, -0.2) is 0 Å². The summed E-state index contributed by atoms with van der Waals surface area (Å²) in [5.74, 6) is 0. The molecule has 0 saturated carbocycles. The lowest BCUT2D eigenvalue weighted by molar-refractivity contribution is 0.687. The molecule has 2 aromatic carbocycles. The number of halogens is 1. The molecule has 1 aromatic heterocycles. The van der Waals surface area contributed by atoms with E-state index in [1.165, 1.54) is 0 Å². The highest BCUT2D eigenvalue weighted by Crippen LogP contribution is 2.21. The van der Waals surface area contributed by atoms with E-state index in [-0.39, 0.29) is 0 Å². The van der Waals surface area contributed by atoms with Gasteiger partial charge in [0.25, 0.3) is 0 Å². The third-order valence-corrected chi connectivity index (χ3v) is 3.32. The molecule has 3 rings (SSSR count). The van der Waals surface area contributed by atoms with Crippen LogP contribution in [0, 0.1) is 0 Å². The highest BCUT2D eigenvalue weighted by molar-refractivity contribution is 6.30. The molecule has 3 nitrogen and oxygen atoms in total. The van der Waals surface area contributed by atoms with Crippen molar-refractivity contribution in [3.05, 3.63) is 71.5 Å². The maximum atomic E-state index is 5.99. The highest BCUT2D eigenvalue weighted by atomic mass is 35.5. The Labute approximate surface area is 122 Å². The molecule has 0 spiro atoms. The van der Waals surface area contributed by atoms with Gasteiger partial charge in [0.15, 0.2) is 0 Å². The second kappa shape index (κ2) is 5.39. The highest BCUT2D eigenvalue weighted by Gasteiger charge is 2.03. The third-order valence-electron chi connectivity index (χ3n) is 3.09. The molecular weight excluding hydrogens is 270 g/mol. The van der Waals surface area contributed by atoms with E-state index in [0.717, 1.165) is 27.4 Å². The summed E-state index contributed by atoms with van der Waals surface area (Å²) >= 11 is 5.99. The minimum atomic E-state index is 0.697. The van der Waals surface area contributed by atoms with Crippen molar-refractivity contribution in [1.29, 1.82) is 0 Å². The van der Waals surface area contributed by atoms with Crippen molar-refractivity contribution < 1.29 is 0 Å². The molecule has 0 bridgehead atoms. The van der Waals surface area contributed by atoms with Crippen LogP contribution in [0.5, 0.6) is 0 Å². The number of anilines is 1. The maximum Gasteiger partial charge on any atom is 0.0660 e. The molecule has 3 aromatic rings. The summed E-state index contributed by atoms with van der Waals surface area (Å²) in [5.41, 5.74) is 9.81. The first kappa shape index (κ1) is 12.8. The molecule has 0 saturated heterocycles. The Hall–Kier alpha value is -2.26. The Morgan fingerprint density at radius 1 is 1.05 bits per heavy atom. The first-order valence-electron chi connectivity index (χ1n) is 6.33. The fourth-order valence-electron chi connectivity index (χ4n) is 2.14. The lowest BCUT2D eigenvalue weighted by Crippen LogP contribution is -1.99. The summed E-state index contributed by atoms with van der Waals surface area (Å²) in [4.78, 5) is 0. The third kappa shape index (κ3) is 2.83. The number of nitrogens with zero attached hydrogens (tertiary/aromatic N) is 2. The largest absolute Gasteiger partial charge is 0.399 e. The molecular formula is C16H14ClN3. The van der Waals surface area contributed by atoms with Crippen LogP contribution in [0.2, 0.25) is 5.02 Å². The minimum absolute atomic E-state index is 0.697. The van der Waals surface area contributed by atoms with Crippen molar-refractivity contribution in [2.24, 2.45) is 0 Å². The van der Waals surface area contributed by atoms with Crippen molar-refractivity contribution in [2.75, 3.05) is 5.73 Å². The molecule has 0 aliphatic heterocycles. The van der Waals surface area contributed by atoms with Crippen LogP contribution in [-0.4, -0.2) is 9.78 Å². The average Bonchev–Trinajstić information content (AvgIpc) is 2.87. The van der Waals surface area contributed by atoms with Crippen molar-refractivity contribution in [3.63, 3.8) is 0 Å². The number of hydrogen-bond donors (Lipinski definition) is 1. The second-order valence-corrected chi connectivity index (χ2v) is 5.12. The molecule has 20 heavy (non-hydrogen) atoms. The molecule has 0 atom stereocenters. The number of aromatic nitrogens is 2. The zero-order valence-corrected chi connectivity index (χ0v) is 11.6. The van der Waals surface area contributed by atoms with Gasteiger partial charge in [-0.3, -0.25) is 4.68 Å². The summed E-state index contributed by atoms with van der Waals surface area (Å²) in [5, 5.41) is 5.12. The van der Waals surface area contributed by atoms with Gasteiger partial charge < -0.3 is 5.73 Å². The summed E-state index contributed by atoms with van der Waals surface area (Å²) in [6.07, 6.45) is 3.86.